The molecule has 22 heavy (non-hydrogen) atoms. The molecule has 2 fully saturated rings. The molecule has 0 aromatic carbocycles. The molecule has 2 aliphatic heterocycles. The zero-order chi connectivity index (χ0) is 15.8. The molecule has 0 aliphatic carbocycles. The van der Waals surface area contributed by atoms with Crippen molar-refractivity contribution < 1.29 is 9.47 Å². The van der Waals surface area contributed by atoms with E-state index in [-0.39, 0.29) is 0 Å². The van der Waals surface area contributed by atoms with Crippen molar-refractivity contribution in [2.24, 2.45) is 17.8 Å². The van der Waals surface area contributed by atoms with Gasteiger partial charge in [0, 0.05) is 32.8 Å². The van der Waals surface area contributed by atoms with Gasteiger partial charge in [-0.15, -0.1) is 0 Å². The lowest BCUT2D eigenvalue weighted by Crippen LogP contribution is -2.40. The molecule has 130 valence electrons. The Morgan fingerprint density at radius 3 is 2.55 bits per heavy atom. The van der Waals surface area contributed by atoms with Crippen molar-refractivity contribution in [2.75, 3.05) is 52.5 Å². The van der Waals surface area contributed by atoms with Gasteiger partial charge < -0.3 is 14.8 Å². The second kappa shape index (κ2) is 9.86. The fourth-order valence-electron chi connectivity index (χ4n) is 3.61. The smallest absolute Gasteiger partial charge is 0.0699 e. The molecule has 2 aliphatic rings. The summed E-state index contributed by atoms with van der Waals surface area (Å²) in [5.74, 6) is 2.25. The van der Waals surface area contributed by atoms with Crippen LogP contribution in [0.4, 0.5) is 0 Å². The molecule has 2 heterocycles. The van der Waals surface area contributed by atoms with E-state index in [1.165, 1.54) is 25.8 Å². The molecule has 1 N–H and O–H groups in total. The van der Waals surface area contributed by atoms with Crippen LogP contribution in [0, 0.1) is 17.8 Å². The minimum absolute atomic E-state index is 0.435. The van der Waals surface area contributed by atoms with E-state index < -0.39 is 0 Å². The van der Waals surface area contributed by atoms with Crippen LogP contribution in [-0.4, -0.2) is 63.5 Å². The van der Waals surface area contributed by atoms with Crippen molar-refractivity contribution in [1.82, 2.24) is 10.2 Å². The molecule has 4 heteroatoms. The number of rotatable bonds is 8. The van der Waals surface area contributed by atoms with Gasteiger partial charge in [-0.05, 0) is 43.6 Å². The van der Waals surface area contributed by atoms with Crippen LogP contribution in [0.3, 0.4) is 0 Å². The maximum atomic E-state index is 6.07. The van der Waals surface area contributed by atoms with Gasteiger partial charge in [0.05, 0.1) is 19.3 Å². The summed E-state index contributed by atoms with van der Waals surface area (Å²) in [7, 11) is 0. The molecule has 0 radical (unpaired) electrons. The molecular weight excluding hydrogens is 276 g/mol. The first kappa shape index (κ1) is 18.2. The van der Waals surface area contributed by atoms with Gasteiger partial charge in [0.25, 0.3) is 0 Å². The van der Waals surface area contributed by atoms with Gasteiger partial charge in [-0.2, -0.15) is 0 Å². The second-order valence-corrected chi connectivity index (χ2v) is 7.70. The normalized spacial score (nSPS) is 28.9. The standard InChI is InChI=1S/C18H36N2O2/c1-15(2)11-19-12-18-5-4-17(14-22-18)10-16(3)13-20-6-8-21-9-7-20/h15-19H,4-14H2,1-3H3/t16-,17?,18?/m0/s1. The minimum Gasteiger partial charge on any atom is -0.379 e. The number of nitrogens with zero attached hydrogens (tertiary/aromatic N) is 1. The highest BCUT2D eigenvalue weighted by atomic mass is 16.5. The van der Waals surface area contributed by atoms with Crippen molar-refractivity contribution in [2.45, 2.75) is 46.1 Å². The average molecular weight is 312 g/mol. The van der Waals surface area contributed by atoms with Gasteiger partial charge in [0.15, 0.2) is 0 Å². The van der Waals surface area contributed by atoms with Crippen LogP contribution in [0.2, 0.25) is 0 Å². The first-order chi connectivity index (χ1) is 10.6. The number of hydrogen-bond acceptors (Lipinski definition) is 4. The van der Waals surface area contributed by atoms with E-state index >= 15 is 0 Å². The second-order valence-electron chi connectivity index (χ2n) is 7.70. The van der Waals surface area contributed by atoms with Crippen LogP contribution >= 0.6 is 0 Å². The summed E-state index contributed by atoms with van der Waals surface area (Å²) in [6.07, 6.45) is 4.30. The number of hydrogen-bond donors (Lipinski definition) is 1. The van der Waals surface area contributed by atoms with Crippen molar-refractivity contribution in [3.8, 4) is 0 Å². The third-order valence-corrected chi connectivity index (χ3v) is 4.80. The Morgan fingerprint density at radius 2 is 1.91 bits per heavy atom. The maximum Gasteiger partial charge on any atom is 0.0699 e. The summed E-state index contributed by atoms with van der Waals surface area (Å²) < 4.78 is 11.5. The fourth-order valence-corrected chi connectivity index (χ4v) is 3.61. The van der Waals surface area contributed by atoms with Gasteiger partial charge in [-0.25, -0.2) is 0 Å². The predicted octanol–water partition coefficient (Wildman–Crippen LogP) is 2.39. The van der Waals surface area contributed by atoms with E-state index in [1.807, 2.05) is 0 Å². The summed E-state index contributed by atoms with van der Waals surface area (Å²) in [6.45, 7) is 15.2. The van der Waals surface area contributed by atoms with Crippen LogP contribution < -0.4 is 5.32 Å². The Hall–Kier alpha value is -0.160. The summed E-state index contributed by atoms with van der Waals surface area (Å²) >= 11 is 0. The lowest BCUT2D eigenvalue weighted by atomic mass is 9.89. The molecule has 2 rings (SSSR count). The molecule has 2 saturated heterocycles. The summed E-state index contributed by atoms with van der Waals surface area (Å²) in [5, 5.41) is 3.52. The summed E-state index contributed by atoms with van der Waals surface area (Å²) in [4.78, 5) is 2.55. The van der Waals surface area contributed by atoms with Crippen molar-refractivity contribution in [3.05, 3.63) is 0 Å². The van der Waals surface area contributed by atoms with E-state index in [1.54, 1.807) is 0 Å². The number of ether oxygens (including phenoxy) is 2. The average Bonchev–Trinajstić information content (AvgIpc) is 2.49. The Labute approximate surface area is 136 Å². The van der Waals surface area contributed by atoms with E-state index in [2.05, 4.69) is 31.0 Å². The fraction of sp³-hybridized carbons (Fsp3) is 1.00. The van der Waals surface area contributed by atoms with Gasteiger partial charge in [0.2, 0.25) is 0 Å². The highest BCUT2D eigenvalue weighted by Crippen LogP contribution is 2.25. The number of morpholine rings is 1. The van der Waals surface area contributed by atoms with Gasteiger partial charge in [-0.1, -0.05) is 20.8 Å². The monoisotopic (exact) mass is 312 g/mol. The molecular formula is C18H36N2O2. The Bertz CT molecular complexity index is 285. The maximum absolute atomic E-state index is 6.07. The highest BCUT2D eigenvalue weighted by molar-refractivity contribution is 4.75. The summed E-state index contributed by atoms with van der Waals surface area (Å²) in [6, 6.07) is 0. The van der Waals surface area contributed by atoms with Crippen molar-refractivity contribution in [3.63, 3.8) is 0 Å². The lowest BCUT2D eigenvalue weighted by Gasteiger charge is -2.33. The Kier molecular flexibility index (Phi) is 8.15. The quantitative estimate of drug-likeness (QED) is 0.746. The third-order valence-electron chi connectivity index (χ3n) is 4.80. The van der Waals surface area contributed by atoms with Crippen molar-refractivity contribution in [1.29, 1.82) is 0 Å². The molecule has 0 amide bonds. The van der Waals surface area contributed by atoms with E-state index in [0.29, 0.717) is 6.10 Å². The van der Waals surface area contributed by atoms with E-state index in [0.717, 1.165) is 63.8 Å². The van der Waals surface area contributed by atoms with Crippen molar-refractivity contribution >= 4 is 0 Å². The molecule has 4 nitrogen and oxygen atoms in total. The molecule has 0 aromatic rings. The lowest BCUT2D eigenvalue weighted by molar-refractivity contribution is -0.0232. The van der Waals surface area contributed by atoms with Gasteiger partial charge in [0.1, 0.15) is 0 Å². The zero-order valence-electron chi connectivity index (χ0n) is 14.9. The van der Waals surface area contributed by atoms with Crippen LogP contribution in [-0.2, 0) is 9.47 Å². The number of nitrogens with one attached hydrogen (secondary N) is 1. The highest BCUT2D eigenvalue weighted by Gasteiger charge is 2.24. The van der Waals surface area contributed by atoms with E-state index in [9.17, 15) is 0 Å². The largest absolute Gasteiger partial charge is 0.379 e. The van der Waals surface area contributed by atoms with E-state index in [4.69, 9.17) is 9.47 Å². The zero-order valence-corrected chi connectivity index (χ0v) is 14.9. The first-order valence-electron chi connectivity index (χ1n) is 9.26. The van der Waals surface area contributed by atoms with Crippen LogP contribution in [0.15, 0.2) is 0 Å². The first-order valence-corrected chi connectivity index (χ1v) is 9.26. The Balaban J connectivity index is 1.56. The molecule has 0 bridgehead atoms. The predicted molar refractivity (Wildman–Crippen MR) is 91.2 cm³/mol. The van der Waals surface area contributed by atoms with Gasteiger partial charge >= 0.3 is 0 Å². The SMILES string of the molecule is CC(C)CNCC1CCC(C[C@H](C)CN2CCOCC2)CO1. The van der Waals surface area contributed by atoms with Gasteiger partial charge in [-0.3, -0.25) is 4.90 Å². The summed E-state index contributed by atoms with van der Waals surface area (Å²) in [5.41, 5.74) is 0. The molecule has 0 saturated carbocycles. The Morgan fingerprint density at radius 1 is 1.14 bits per heavy atom. The van der Waals surface area contributed by atoms with Crippen LogP contribution in [0.5, 0.6) is 0 Å². The topological polar surface area (TPSA) is 33.7 Å². The molecule has 3 atom stereocenters. The van der Waals surface area contributed by atoms with Crippen LogP contribution in [0.1, 0.15) is 40.0 Å². The minimum atomic E-state index is 0.435. The molecule has 2 unspecified atom stereocenters. The van der Waals surface area contributed by atoms with Crippen LogP contribution in [0.25, 0.3) is 0 Å². The molecule has 0 aromatic heterocycles. The molecule has 0 spiro atoms. The third kappa shape index (κ3) is 6.95.